The predicted molar refractivity (Wildman–Crippen MR) is 63.0 cm³/mol. The van der Waals surface area contributed by atoms with Crippen LogP contribution in [-0.2, 0) is 0 Å². The molecule has 2 nitrogen and oxygen atoms in total. The molecular weight excluding hydrogens is 210 g/mol. The van der Waals surface area contributed by atoms with Gasteiger partial charge in [0, 0.05) is 5.54 Å². The van der Waals surface area contributed by atoms with Crippen molar-refractivity contribution in [2.75, 3.05) is 0 Å². The summed E-state index contributed by atoms with van der Waals surface area (Å²) in [6, 6.07) is 0. The van der Waals surface area contributed by atoms with Crippen LogP contribution in [0.2, 0.25) is 0 Å². The molecule has 0 aromatic rings. The molecule has 3 heteroatoms. The zero-order chi connectivity index (χ0) is 10.2. The van der Waals surface area contributed by atoms with Gasteiger partial charge in [-0.3, -0.25) is 0 Å². The Kier molecular flexibility index (Phi) is 2.12. The van der Waals surface area contributed by atoms with E-state index in [0.29, 0.717) is 10.8 Å². The summed E-state index contributed by atoms with van der Waals surface area (Å²) < 4.78 is 0. The highest BCUT2D eigenvalue weighted by molar-refractivity contribution is 5.85. The molecule has 4 aliphatic rings. The molecule has 4 aliphatic carbocycles. The largest absolute Gasteiger partial charge is 0.390 e. The predicted octanol–water partition coefficient (Wildman–Crippen LogP) is 2.23. The van der Waals surface area contributed by atoms with Crippen molar-refractivity contribution >= 4 is 12.4 Å². The molecule has 4 bridgehead atoms. The summed E-state index contributed by atoms with van der Waals surface area (Å²) in [7, 11) is 0. The summed E-state index contributed by atoms with van der Waals surface area (Å²) in [4.78, 5) is 0. The number of hydrogen-bond acceptors (Lipinski definition) is 2. The van der Waals surface area contributed by atoms with Crippen LogP contribution in [-0.4, -0.2) is 16.2 Å². The van der Waals surface area contributed by atoms with Crippen LogP contribution in [0.5, 0.6) is 0 Å². The van der Waals surface area contributed by atoms with Gasteiger partial charge in [0.15, 0.2) is 0 Å². The van der Waals surface area contributed by atoms with Crippen LogP contribution in [0, 0.1) is 10.8 Å². The minimum atomic E-state index is -0.438. The van der Waals surface area contributed by atoms with Gasteiger partial charge in [0.2, 0.25) is 0 Å². The molecule has 88 valence electrons. The first-order valence-electron chi connectivity index (χ1n) is 5.75. The third kappa shape index (κ3) is 1.62. The summed E-state index contributed by atoms with van der Waals surface area (Å²) in [5, 5.41) is 10.5. The summed E-state index contributed by atoms with van der Waals surface area (Å²) in [6.45, 7) is 4.63. The van der Waals surface area contributed by atoms with Crippen LogP contribution < -0.4 is 5.73 Å². The lowest BCUT2D eigenvalue weighted by molar-refractivity contribution is -0.196. The fraction of sp³-hybridized carbons (Fsp3) is 1.00. The van der Waals surface area contributed by atoms with E-state index >= 15 is 0 Å². The first-order valence-corrected chi connectivity index (χ1v) is 5.75. The standard InChI is InChI=1S/C12H21NO.ClH/c1-9-3-10(2)5-11(13,4-9)8-12(14,6-9)7-10;/h14H,3-8,13H2,1-2H3;1H. The Morgan fingerprint density at radius 1 is 0.867 bits per heavy atom. The first-order chi connectivity index (χ1) is 6.24. The third-order valence-electron chi connectivity index (χ3n) is 4.60. The molecule has 4 rings (SSSR count). The second kappa shape index (κ2) is 2.72. The van der Waals surface area contributed by atoms with Gasteiger partial charge >= 0.3 is 0 Å². The van der Waals surface area contributed by atoms with E-state index < -0.39 is 5.60 Å². The van der Waals surface area contributed by atoms with E-state index in [1.54, 1.807) is 0 Å². The van der Waals surface area contributed by atoms with Gasteiger partial charge in [-0.25, -0.2) is 0 Å². The van der Waals surface area contributed by atoms with Gasteiger partial charge in [0.05, 0.1) is 5.60 Å². The van der Waals surface area contributed by atoms with Crippen molar-refractivity contribution < 1.29 is 5.11 Å². The quantitative estimate of drug-likeness (QED) is 0.672. The number of nitrogens with two attached hydrogens (primary N) is 1. The molecule has 2 atom stereocenters. The van der Waals surface area contributed by atoms with Gasteiger partial charge in [0.1, 0.15) is 0 Å². The van der Waals surface area contributed by atoms with E-state index in [9.17, 15) is 5.11 Å². The highest BCUT2D eigenvalue weighted by Crippen LogP contribution is 2.66. The van der Waals surface area contributed by atoms with Gasteiger partial charge in [-0.1, -0.05) is 13.8 Å². The lowest BCUT2D eigenvalue weighted by Crippen LogP contribution is -2.68. The maximum absolute atomic E-state index is 10.5. The van der Waals surface area contributed by atoms with Gasteiger partial charge in [-0.05, 0) is 49.4 Å². The van der Waals surface area contributed by atoms with E-state index in [1.165, 1.54) is 6.42 Å². The maximum Gasteiger partial charge on any atom is 0.0675 e. The summed E-state index contributed by atoms with van der Waals surface area (Å²) in [5.41, 5.74) is 6.54. The Morgan fingerprint density at radius 2 is 1.33 bits per heavy atom. The van der Waals surface area contributed by atoms with E-state index in [2.05, 4.69) is 13.8 Å². The molecule has 0 heterocycles. The molecular formula is C12H22ClNO. The fourth-order valence-corrected chi connectivity index (χ4v) is 5.72. The Morgan fingerprint density at radius 3 is 1.67 bits per heavy atom. The molecule has 0 amide bonds. The molecule has 4 fully saturated rings. The lowest BCUT2D eigenvalue weighted by atomic mass is 9.41. The lowest BCUT2D eigenvalue weighted by Gasteiger charge is -2.67. The summed E-state index contributed by atoms with van der Waals surface area (Å²) >= 11 is 0. The average molecular weight is 232 g/mol. The van der Waals surface area contributed by atoms with Gasteiger partial charge in [-0.2, -0.15) is 0 Å². The van der Waals surface area contributed by atoms with Gasteiger partial charge < -0.3 is 10.8 Å². The number of halogens is 1. The van der Waals surface area contributed by atoms with Gasteiger partial charge in [-0.15, -0.1) is 12.4 Å². The van der Waals surface area contributed by atoms with Crippen molar-refractivity contribution in [2.24, 2.45) is 16.6 Å². The number of rotatable bonds is 0. The van der Waals surface area contributed by atoms with Crippen molar-refractivity contribution in [1.29, 1.82) is 0 Å². The highest BCUT2D eigenvalue weighted by Gasteiger charge is 2.64. The Bertz CT molecular complexity index is 208. The van der Waals surface area contributed by atoms with Crippen LogP contribution in [0.3, 0.4) is 0 Å². The van der Waals surface area contributed by atoms with Gasteiger partial charge in [0.25, 0.3) is 0 Å². The normalized spacial score (nSPS) is 61.6. The third-order valence-corrected chi connectivity index (χ3v) is 4.60. The van der Waals surface area contributed by atoms with Crippen molar-refractivity contribution in [3.05, 3.63) is 0 Å². The monoisotopic (exact) mass is 231 g/mol. The smallest absolute Gasteiger partial charge is 0.0675 e. The minimum absolute atomic E-state index is 0. The molecule has 0 radical (unpaired) electrons. The van der Waals surface area contributed by atoms with E-state index in [0.717, 1.165) is 32.1 Å². The average Bonchev–Trinajstić information content (AvgIpc) is 1.67. The number of hydrogen-bond donors (Lipinski definition) is 2. The second-order valence-corrected chi connectivity index (χ2v) is 7.27. The maximum atomic E-state index is 10.5. The first kappa shape index (κ1) is 11.7. The molecule has 0 aromatic heterocycles. The molecule has 0 spiro atoms. The topological polar surface area (TPSA) is 46.2 Å². The number of aliphatic hydroxyl groups is 1. The van der Waals surface area contributed by atoms with Crippen LogP contribution >= 0.6 is 12.4 Å². The highest BCUT2D eigenvalue weighted by atomic mass is 35.5. The molecule has 15 heavy (non-hydrogen) atoms. The molecule has 0 saturated heterocycles. The van der Waals surface area contributed by atoms with Crippen molar-refractivity contribution in [1.82, 2.24) is 0 Å². The zero-order valence-electron chi connectivity index (χ0n) is 9.68. The molecule has 0 aromatic carbocycles. The SMILES string of the molecule is CC12CC3(C)CC(N)(C1)CC(O)(C2)C3.Cl. The molecule has 0 aliphatic heterocycles. The minimum Gasteiger partial charge on any atom is -0.390 e. The van der Waals surface area contributed by atoms with E-state index in [4.69, 9.17) is 5.73 Å². The van der Waals surface area contributed by atoms with Crippen LogP contribution in [0.4, 0.5) is 0 Å². The molecule has 3 N–H and O–H groups in total. The fourth-order valence-electron chi connectivity index (χ4n) is 5.72. The molecule has 4 saturated carbocycles. The van der Waals surface area contributed by atoms with Crippen LogP contribution in [0.1, 0.15) is 52.4 Å². The van der Waals surface area contributed by atoms with E-state index in [-0.39, 0.29) is 17.9 Å². The van der Waals surface area contributed by atoms with Crippen molar-refractivity contribution in [2.45, 2.75) is 63.5 Å². The van der Waals surface area contributed by atoms with Crippen LogP contribution in [0.25, 0.3) is 0 Å². The molecule has 2 unspecified atom stereocenters. The Balaban J connectivity index is 0.000000853. The summed E-state index contributed by atoms with van der Waals surface area (Å²) in [6.07, 6.45) is 6.31. The van der Waals surface area contributed by atoms with Crippen molar-refractivity contribution in [3.63, 3.8) is 0 Å². The zero-order valence-corrected chi connectivity index (χ0v) is 10.5. The second-order valence-electron chi connectivity index (χ2n) is 7.27. The van der Waals surface area contributed by atoms with E-state index in [1.807, 2.05) is 0 Å². The Labute approximate surface area is 98.0 Å². The summed E-state index contributed by atoms with van der Waals surface area (Å²) in [5.74, 6) is 0. The van der Waals surface area contributed by atoms with Crippen LogP contribution in [0.15, 0.2) is 0 Å². The van der Waals surface area contributed by atoms with Crippen molar-refractivity contribution in [3.8, 4) is 0 Å². The Hall–Kier alpha value is 0.210.